The van der Waals surface area contributed by atoms with Crippen molar-refractivity contribution < 1.29 is 8.78 Å². The van der Waals surface area contributed by atoms with E-state index in [0.717, 1.165) is 121 Å². The second-order valence-corrected chi connectivity index (χ2v) is 17.9. The van der Waals surface area contributed by atoms with Crippen molar-refractivity contribution in [3.8, 4) is 22.3 Å². The van der Waals surface area contributed by atoms with E-state index < -0.39 is 0 Å². The first kappa shape index (κ1) is 41.1. The van der Waals surface area contributed by atoms with Crippen LogP contribution in [0.25, 0.3) is 86.9 Å². The average Bonchev–Trinajstić information content (AvgIpc) is 3.41. The Morgan fingerprint density at radius 1 is 0.229 bits per heavy atom. The third kappa shape index (κ3) is 6.92. The molecule has 70 heavy (non-hydrogen) atoms. The summed E-state index contributed by atoms with van der Waals surface area (Å²) in [5.41, 5.74) is 10.00. The minimum absolute atomic E-state index is 0.289. The molecule has 0 unspecified atom stereocenters. The zero-order valence-corrected chi connectivity index (χ0v) is 37.9. The molecule has 0 bridgehead atoms. The highest BCUT2D eigenvalue weighted by Crippen LogP contribution is 2.51. The minimum Gasteiger partial charge on any atom is -0.310 e. The van der Waals surface area contributed by atoms with E-state index in [1.54, 1.807) is 0 Å². The van der Waals surface area contributed by atoms with Crippen LogP contribution in [0, 0.1) is 11.6 Å². The van der Waals surface area contributed by atoms with Crippen molar-refractivity contribution in [1.82, 2.24) is 0 Å². The van der Waals surface area contributed by atoms with Gasteiger partial charge in [-0.2, -0.15) is 0 Å². The van der Waals surface area contributed by atoms with Crippen LogP contribution >= 0.6 is 0 Å². The Morgan fingerprint density at radius 2 is 0.543 bits per heavy atom. The number of rotatable bonds is 8. The molecule has 0 aliphatic carbocycles. The summed E-state index contributed by atoms with van der Waals surface area (Å²) >= 11 is 0. The Bertz CT molecular complexity index is 3870. The number of fused-ring (bicyclic) bond motifs is 6. The van der Waals surface area contributed by atoms with Gasteiger partial charge in [-0.25, -0.2) is 8.78 Å². The van der Waals surface area contributed by atoms with E-state index in [1.165, 1.54) is 24.3 Å². The van der Waals surface area contributed by atoms with Crippen LogP contribution in [0.3, 0.4) is 0 Å². The number of hydrogen-bond acceptors (Lipinski definition) is 2. The molecule has 13 aromatic carbocycles. The maximum atomic E-state index is 14.8. The second kappa shape index (κ2) is 16.9. The number of benzene rings is 13. The molecule has 4 heteroatoms. The lowest BCUT2D eigenvalue weighted by atomic mass is 9.83. The van der Waals surface area contributed by atoms with Crippen LogP contribution in [-0.4, -0.2) is 0 Å². The molecule has 2 nitrogen and oxygen atoms in total. The maximum absolute atomic E-state index is 14.8. The van der Waals surface area contributed by atoms with Gasteiger partial charge in [0, 0.05) is 33.5 Å². The summed E-state index contributed by atoms with van der Waals surface area (Å²) in [5, 5.41) is 13.3. The Hall–Kier alpha value is -9.12. The molecule has 0 amide bonds. The summed E-state index contributed by atoms with van der Waals surface area (Å²) in [5.74, 6) is -0.579. The molecule has 0 spiro atoms. The molecular formula is C66H42F2N2. The Kier molecular flexibility index (Phi) is 9.91. The van der Waals surface area contributed by atoms with Gasteiger partial charge in [-0.3, -0.25) is 0 Å². The van der Waals surface area contributed by atoms with Gasteiger partial charge in [0.15, 0.2) is 0 Å². The summed E-state index contributed by atoms with van der Waals surface area (Å²) in [4.78, 5) is 4.51. The maximum Gasteiger partial charge on any atom is 0.123 e. The third-order valence-corrected chi connectivity index (χ3v) is 13.9. The van der Waals surface area contributed by atoms with Crippen LogP contribution in [-0.2, 0) is 0 Å². The van der Waals surface area contributed by atoms with Crippen molar-refractivity contribution in [3.05, 3.63) is 266 Å². The number of halogens is 2. The van der Waals surface area contributed by atoms with Crippen LogP contribution in [0.1, 0.15) is 0 Å². The van der Waals surface area contributed by atoms with Gasteiger partial charge >= 0.3 is 0 Å². The lowest BCUT2D eigenvalue weighted by Crippen LogP contribution is -2.11. The quantitative estimate of drug-likeness (QED) is 0.140. The first-order valence-electron chi connectivity index (χ1n) is 23.6. The predicted molar refractivity (Wildman–Crippen MR) is 292 cm³/mol. The first-order chi connectivity index (χ1) is 34.6. The van der Waals surface area contributed by atoms with E-state index in [9.17, 15) is 8.78 Å². The topological polar surface area (TPSA) is 6.48 Å². The van der Waals surface area contributed by atoms with E-state index in [4.69, 9.17) is 0 Å². The van der Waals surface area contributed by atoms with Crippen molar-refractivity contribution in [1.29, 1.82) is 0 Å². The van der Waals surface area contributed by atoms with Crippen molar-refractivity contribution in [2.75, 3.05) is 9.80 Å². The van der Waals surface area contributed by atoms with Crippen molar-refractivity contribution >= 4 is 98.8 Å². The monoisotopic (exact) mass is 900 g/mol. The van der Waals surface area contributed by atoms with Gasteiger partial charge in [-0.1, -0.05) is 170 Å². The molecule has 0 radical (unpaired) electrons. The zero-order chi connectivity index (χ0) is 46.7. The van der Waals surface area contributed by atoms with E-state index in [0.29, 0.717) is 0 Å². The summed E-state index contributed by atoms with van der Waals surface area (Å²) in [7, 11) is 0. The molecule has 0 fully saturated rings. The lowest BCUT2D eigenvalue weighted by Gasteiger charge is -2.29. The second-order valence-electron chi connectivity index (χ2n) is 17.9. The first-order valence-corrected chi connectivity index (χ1v) is 23.6. The van der Waals surface area contributed by atoms with Gasteiger partial charge in [-0.05, 0) is 161 Å². The SMILES string of the molecule is Fc1ccc(N(c2ccc3c(-c4cccc5ccccc45)c4cc(N(c5ccc(F)cc5)c5cccc6ccccc56)ccc4c(-c4cccc5ccccc45)c3c2)c2cccc3ccccc23)cc1. The van der Waals surface area contributed by atoms with Gasteiger partial charge in [0.25, 0.3) is 0 Å². The van der Waals surface area contributed by atoms with Crippen LogP contribution < -0.4 is 9.80 Å². The van der Waals surface area contributed by atoms with E-state index in [2.05, 4.69) is 216 Å². The van der Waals surface area contributed by atoms with Crippen LogP contribution in [0.5, 0.6) is 0 Å². The third-order valence-electron chi connectivity index (χ3n) is 13.9. The summed E-state index contributed by atoms with van der Waals surface area (Å²) in [6.07, 6.45) is 0. The molecule has 0 atom stereocenters. The standard InChI is InChI=1S/C66H42F2N2/c67-47-29-33-49(34-30-47)69(63-27-11-19-45-15-3-7-23-55(45)63)51-38-40-60-61(41-51)65(57-25-9-17-43-13-1-5-21-53(43)57)59-39-37-52(42-62(59)66(60)58-26-10-18-44-14-2-6-22-54(44)58)70(50-35-31-48(68)32-36-50)64-28-12-20-46-16-4-8-24-56(46)64/h1-42H. The van der Waals surface area contributed by atoms with Crippen LogP contribution in [0.15, 0.2) is 255 Å². The van der Waals surface area contributed by atoms with Gasteiger partial charge < -0.3 is 9.80 Å². The Labute approximate surface area is 404 Å². The number of nitrogens with zero attached hydrogens (tertiary/aromatic N) is 2. The Balaban J connectivity index is 1.18. The number of anilines is 6. The lowest BCUT2D eigenvalue weighted by molar-refractivity contribution is 0.627. The fourth-order valence-electron chi connectivity index (χ4n) is 10.8. The average molecular weight is 901 g/mol. The van der Waals surface area contributed by atoms with Gasteiger partial charge in [0.1, 0.15) is 11.6 Å². The largest absolute Gasteiger partial charge is 0.310 e. The molecule has 0 N–H and O–H groups in total. The molecule has 0 saturated carbocycles. The van der Waals surface area contributed by atoms with Crippen LogP contribution in [0.2, 0.25) is 0 Å². The van der Waals surface area contributed by atoms with E-state index in [1.807, 2.05) is 24.3 Å². The highest BCUT2D eigenvalue weighted by atomic mass is 19.1. The molecule has 330 valence electrons. The van der Waals surface area contributed by atoms with E-state index in [-0.39, 0.29) is 11.6 Å². The van der Waals surface area contributed by atoms with Crippen LogP contribution in [0.4, 0.5) is 42.9 Å². The summed E-state index contributed by atoms with van der Waals surface area (Å²) in [6, 6.07) is 87.2. The minimum atomic E-state index is -0.289. The van der Waals surface area contributed by atoms with Gasteiger partial charge in [0.05, 0.1) is 11.4 Å². The van der Waals surface area contributed by atoms with Gasteiger partial charge in [0.2, 0.25) is 0 Å². The van der Waals surface area contributed by atoms with Crippen molar-refractivity contribution in [2.45, 2.75) is 0 Å². The highest BCUT2D eigenvalue weighted by molar-refractivity contribution is 6.26. The molecular weight excluding hydrogens is 859 g/mol. The fraction of sp³-hybridized carbons (Fsp3) is 0. The highest BCUT2D eigenvalue weighted by Gasteiger charge is 2.25. The smallest absolute Gasteiger partial charge is 0.123 e. The zero-order valence-electron chi connectivity index (χ0n) is 37.9. The molecule has 13 aromatic rings. The summed E-state index contributed by atoms with van der Waals surface area (Å²) < 4.78 is 29.5. The molecule has 0 heterocycles. The van der Waals surface area contributed by atoms with Crippen molar-refractivity contribution in [2.24, 2.45) is 0 Å². The summed E-state index contributed by atoms with van der Waals surface area (Å²) in [6.45, 7) is 0. The normalized spacial score (nSPS) is 11.6. The predicted octanol–water partition coefficient (Wildman–Crippen LogP) is 19.2. The van der Waals surface area contributed by atoms with E-state index >= 15 is 0 Å². The molecule has 0 aliphatic heterocycles. The fourth-order valence-corrected chi connectivity index (χ4v) is 10.8. The molecule has 0 aromatic heterocycles. The Morgan fingerprint density at radius 3 is 0.943 bits per heavy atom. The van der Waals surface area contributed by atoms with Gasteiger partial charge in [-0.15, -0.1) is 0 Å². The molecule has 13 rings (SSSR count). The van der Waals surface area contributed by atoms with Crippen molar-refractivity contribution in [3.63, 3.8) is 0 Å². The molecule has 0 aliphatic rings. The number of hydrogen-bond donors (Lipinski definition) is 0. The molecule has 0 saturated heterocycles.